The van der Waals surface area contributed by atoms with Crippen molar-refractivity contribution in [2.45, 2.75) is 33.1 Å². The second-order valence-corrected chi connectivity index (χ2v) is 8.98. The molecule has 23 heavy (non-hydrogen) atoms. The Labute approximate surface area is 139 Å². The molecule has 3 atom stereocenters. The first-order valence-corrected chi connectivity index (χ1v) is 9.97. The molecule has 1 amide bonds. The maximum atomic E-state index is 12.9. The van der Waals surface area contributed by atoms with Gasteiger partial charge in [0.25, 0.3) is 10.2 Å². The van der Waals surface area contributed by atoms with Crippen LogP contribution in [0.15, 0.2) is 0 Å². The van der Waals surface area contributed by atoms with E-state index < -0.39 is 10.2 Å². The average molecular weight is 346 g/mol. The van der Waals surface area contributed by atoms with Gasteiger partial charge in [0.05, 0.1) is 5.92 Å². The fraction of sp³-hybridized carbons (Fsp3) is 0.933. The van der Waals surface area contributed by atoms with Crippen molar-refractivity contribution >= 4 is 16.1 Å². The van der Waals surface area contributed by atoms with Gasteiger partial charge < -0.3 is 11.1 Å². The smallest absolute Gasteiger partial charge is 0.282 e. The summed E-state index contributed by atoms with van der Waals surface area (Å²) in [5, 5.41) is 2.77. The van der Waals surface area contributed by atoms with Crippen LogP contribution in [-0.4, -0.2) is 62.2 Å². The van der Waals surface area contributed by atoms with Crippen LogP contribution in [0.25, 0.3) is 0 Å². The van der Waals surface area contributed by atoms with Crippen LogP contribution in [-0.2, 0) is 15.0 Å². The summed E-state index contributed by atoms with van der Waals surface area (Å²) in [4.78, 5) is 12.1. The lowest BCUT2D eigenvalue weighted by atomic mass is 9.94. The number of piperidine rings is 2. The molecule has 0 aromatic rings. The first kappa shape index (κ1) is 18.6. The highest BCUT2D eigenvalue weighted by atomic mass is 32.2. The molecule has 2 aliphatic rings. The fourth-order valence-corrected chi connectivity index (χ4v) is 5.60. The molecule has 0 bridgehead atoms. The van der Waals surface area contributed by atoms with Crippen molar-refractivity contribution in [2.24, 2.45) is 23.5 Å². The third-order valence-corrected chi connectivity index (χ3v) is 6.62. The third kappa shape index (κ3) is 4.65. The molecule has 2 rings (SSSR count). The Morgan fingerprint density at radius 2 is 1.83 bits per heavy atom. The van der Waals surface area contributed by atoms with Crippen LogP contribution in [0.4, 0.5) is 0 Å². The van der Waals surface area contributed by atoms with Crippen LogP contribution >= 0.6 is 0 Å². The molecule has 0 radical (unpaired) electrons. The van der Waals surface area contributed by atoms with Gasteiger partial charge in [0.2, 0.25) is 5.91 Å². The van der Waals surface area contributed by atoms with Crippen molar-refractivity contribution in [1.29, 1.82) is 0 Å². The Kier molecular flexibility index (Phi) is 6.41. The van der Waals surface area contributed by atoms with Gasteiger partial charge in [-0.05, 0) is 31.1 Å². The number of carbonyl (C=O) groups excluding carboxylic acids is 1. The number of nitrogens with one attached hydrogen (secondary N) is 1. The summed E-state index contributed by atoms with van der Waals surface area (Å²) in [6.07, 6.45) is 2.52. The minimum atomic E-state index is -3.48. The Morgan fingerprint density at radius 3 is 2.43 bits per heavy atom. The molecule has 0 aromatic heterocycles. The van der Waals surface area contributed by atoms with Gasteiger partial charge in [0, 0.05) is 39.3 Å². The number of nitrogens with two attached hydrogens (primary N) is 1. The van der Waals surface area contributed by atoms with E-state index in [1.54, 1.807) is 4.31 Å². The van der Waals surface area contributed by atoms with Gasteiger partial charge in [0.15, 0.2) is 0 Å². The number of hydrogen-bond donors (Lipinski definition) is 2. The molecular formula is C15H30N4O3S. The van der Waals surface area contributed by atoms with Gasteiger partial charge in [-0.3, -0.25) is 4.79 Å². The highest BCUT2D eigenvalue weighted by Gasteiger charge is 2.38. The Morgan fingerprint density at radius 1 is 1.17 bits per heavy atom. The van der Waals surface area contributed by atoms with Gasteiger partial charge in [-0.25, -0.2) is 0 Å². The van der Waals surface area contributed by atoms with Crippen molar-refractivity contribution < 1.29 is 13.2 Å². The van der Waals surface area contributed by atoms with Gasteiger partial charge >= 0.3 is 0 Å². The number of nitrogens with zero attached hydrogens (tertiary/aromatic N) is 2. The Bertz CT molecular complexity index is 501. The lowest BCUT2D eigenvalue weighted by Crippen LogP contribution is -2.53. The maximum Gasteiger partial charge on any atom is 0.282 e. The normalized spacial score (nSPS) is 31.0. The molecule has 0 aliphatic carbocycles. The summed E-state index contributed by atoms with van der Waals surface area (Å²) in [6.45, 7) is 6.95. The van der Waals surface area contributed by atoms with Gasteiger partial charge in [0.1, 0.15) is 0 Å². The minimum Gasteiger partial charge on any atom is -0.355 e. The Balaban J connectivity index is 2.03. The van der Waals surface area contributed by atoms with E-state index in [1.165, 1.54) is 4.31 Å². The van der Waals surface area contributed by atoms with E-state index in [1.807, 2.05) is 0 Å². The highest BCUT2D eigenvalue weighted by molar-refractivity contribution is 7.86. The largest absolute Gasteiger partial charge is 0.355 e. The first-order valence-electron chi connectivity index (χ1n) is 8.57. The second-order valence-electron chi connectivity index (χ2n) is 7.05. The lowest BCUT2D eigenvalue weighted by Gasteiger charge is -2.39. The van der Waals surface area contributed by atoms with Gasteiger partial charge in [-0.1, -0.05) is 13.8 Å². The summed E-state index contributed by atoms with van der Waals surface area (Å²) >= 11 is 0. The van der Waals surface area contributed by atoms with Crippen LogP contribution in [0, 0.1) is 17.8 Å². The van der Waals surface area contributed by atoms with E-state index in [2.05, 4.69) is 19.2 Å². The second kappa shape index (κ2) is 7.92. The SMILES string of the molecule is CC1CC(C)CN(S(=O)(=O)N2CCCC(C(=O)NCCN)C2)C1. The molecule has 2 fully saturated rings. The zero-order chi connectivity index (χ0) is 17.0. The summed E-state index contributed by atoms with van der Waals surface area (Å²) < 4.78 is 28.9. The van der Waals surface area contributed by atoms with Crippen LogP contribution < -0.4 is 11.1 Å². The van der Waals surface area contributed by atoms with Crippen LogP contribution in [0.1, 0.15) is 33.1 Å². The molecule has 0 saturated carbocycles. The summed E-state index contributed by atoms with van der Waals surface area (Å²) in [5.41, 5.74) is 5.40. The zero-order valence-corrected chi connectivity index (χ0v) is 15.0. The summed E-state index contributed by atoms with van der Waals surface area (Å²) in [5.74, 6) is 0.393. The molecule has 2 saturated heterocycles. The van der Waals surface area contributed by atoms with Gasteiger partial charge in [-0.2, -0.15) is 17.0 Å². The molecule has 0 aromatic carbocycles. The van der Waals surface area contributed by atoms with Crippen LogP contribution in [0.2, 0.25) is 0 Å². The van der Waals surface area contributed by atoms with Crippen molar-refractivity contribution in [3.63, 3.8) is 0 Å². The van der Waals surface area contributed by atoms with E-state index in [0.717, 1.165) is 19.3 Å². The Hall–Kier alpha value is -0.700. The predicted octanol–water partition coefficient (Wildman–Crippen LogP) is -0.00400. The average Bonchev–Trinajstić information content (AvgIpc) is 2.51. The van der Waals surface area contributed by atoms with Crippen molar-refractivity contribution in [2.75, 3.05) is 39.3 Å². The predicted molar refractivity (Wildman–Crippen MR) is 89.8 cm³/mol. The number of hydrogen-bond acceptors (Lipinski definition) is 4. The van der Waals surface area contributed by atoms with E-state index in [4.69, 9.17) is 5.73 Å². The topological polar surface area (TPSA) is 95.7 Å². The molecule has 2 heterocycles. The van der Waals surface area contributed by atoms with Gasteiger partial charge in [-0.15, -0.1) is 0 Å². The molecule has 0 spiro atoms. The molecule has 3 unspecified atom stereocenters. The van der Waals surface area contributed by atoms with E-state index in [0.29, 0.717) is 44.6 Å². The highest BCUT2D eigenvalue weighted by Crippen LogP contribution is 2.27. The quantitative estimate of drug-likeness (QED) is 0.732. The molecule has 3 N–H and O–H groups in total. The zero-order valence-electron chi connectivity index (χ0n) is 14.2. The van der Waals surface area contributed by atoms with Crippen molar-refractivity contribution in [1.82, 2.24) is 13.9 Å². The van der Waals surface area contributed by atoms with Crippen LogP contribution in [0.5, 0.6) is 0 Å². The van der Waals surface area contributed by atoms with Crippen molar-refractivity contribution in [3.8, 4) is 0 Å². The maximum absolute atomic E-state index is 12.9. The molecule has 8 heteroatoms. The van der Waals surface area contributed by atoms with Crippen LogP contribution in [0.3, 0.4) is 0 Å². The number of rotatable bonds is 5. The standard InChI is InChI=1S/C15H30N4O3S/c1-12-8-13(2)10-19(9-12)23(21,22)18-7-3-4-14(11-18)15(20)17-6-5-16/h12-14H,3-11,16H2,1-2H3,(H,17,20). The monoisotopic (exact) mass is 346 g/mol. The van der Waals surface area contributed by atoms with E-state index in [-0.39, 0.29) is 18.4 Å². The molecular weight excluding hydrogens is 316 g/mol. The van der Waals surface area contributed by atoms with E-state index in [9.17, 15) is 13.2 Å². The summed E-state index contributed by atoms with van der Waals surface area (Å²) in [6, 6.07) is 0. The van der Waals surface area contributed by atoms with E-state index >= 15 is 0 Å². The summed E-state index contributed by atoms with van der Waals surface area (Å²) in [7, 11) is -3.48. The number of amides is 1. The third-order valence-electron chi connectivity index (χ3n) is 4.69. The lowest BCUT2D eigenvalue weighted by molar-refractivity contribution is -0.126. The molecule has 2 aliphatic heterocycles. The minimum absolute atomic E-state index is 0.0873. The molecule has 134 valence electrons. The molecule has 7 nitrogen and oxygen atoms in total. The van der Waals surface area contributed by atoms with Crippen molar-refractivity contribution in [3.05, 3.63) is 0 Å². The fourth-order valence-electron chi connectivity index (χ4n) is 3.66. The number of carbonyl (C=O) groups is 1. The first-order chi connectivity index (χ1) is 10.8.